The molecule has 2 aliphatic carbocycles. The average molecular weight is 430 g/mol. The third-order valence-electron chi connectivity index (χ3n) is 7.43. The van der Waals surface area contributed by atoms with E-state index in [1.165, 1.54) is 12.8 Å². The first kappa shape index (κ1) is 21.5. The van der Waals surface area contributed by atoms with E-state index in [-0.39, 0.29) is 43.4 Å². The molecule has 30 heavy (non-hydrogen) atoms. The number of hydrogen-bond donors (Lipinski definition) is 3. The van der Waals surface area contributed by atoms with E-state index in [0.29, 0.717) is 0 Å². The number of aliphatic hydroxyl groups excluding tert-OH is 3. The molecule has 4 aliphatic heterocycles. The largest absolute Gasteiger partial charge is 0.394 e. The molecule has 0 aromatic rings. The van der Waals surface area contributed by atoms with Crippen LogP contribution in [0.1, 0.15) is 58.3 Å². The predicted molar refractivity (Wildman–Crippen MR) is 101 cm³/mol. The molecule has 0 aromatic carbocycles. The molecule has 9 nitrogen and oxygen atoms in total. The molecule has 0 amide bonds. The van der Waals surface area contributed by atoms with Crippen LogP contribution in [-0.2, 0) is 28.4 Å². The molecule has 3 N–H and O–H groups in total. The van der Waals surface area contributed by atoms with Gasteiger partial charge in [0, 0.05) is 31.6 Å². The second-order valence-electron chi connectivity index (χ2n) is 9.44. The van der Waals surface area contributed by atoms with Crippen LogP contribution in [0.5, 0.6) is 0 Å². The lowest BCUT2D eigenvalue weighted by molar-refractivity contribution is -0.232. The number of hydrogen-bond acceptors (Lipinski definition) is 9. The molecule has 0 aromatic heterocycles. The smallest absolute Gasteiger partial charge is 0.190 e. The van der Waals surface area contributed by atoms with Crippen LogP contribution < -0.4 is 0 Å². The first-order valence-electron chi connectivity index (χ1n) is 11.4. The van der Waals surface area contributed by atoms with Gasteiger partial charge < -0.3 is 43.7 Å². The quantitative estimate of drug-likeness (QED) is 0.584. The van der Waals surface area contributed by atoms with E-state index in [1.807, 2.05) is 0 Å². The zero-order valence-corrected chi connectivity index (χ0v) is 17.5. The summed E-state index contributed by atoms with van der Waals surface area (Å²) in [5, 5.41) is 27.9. The SMILES string of the molecule is C[C@@H]1[C@H]2OC3(CCCC3)O[C@H]2O[C@@H]1CO.OC[C@H]1O[C@@H]2OC3(CCCC3)O[C@@H]2[C@H]1O. The summed E-state index contributed by atoms with van der Waals surface area (Å²) in [5.41, 5.74) is 0. The molecule has 172 valence electrons. The zero-order valence-electron chi connectivity index (χ0n) is 17.5. The summed E-state index contributed by atoms with van der Waals surface area (Å²) in [4.78, 5) is 0. The van der Waals surface area contributed by atoms with Gasteiger partial charge in [0.25, 0.3) is 0 Å². The maximum Gasteiger partial charge on any atom is 0.190 e. The summed E-state index contributed by atoms with van der Waals surface area (Å²) in [5.74, 6) is -0.652. The van der Waals surface area contributed by atoms with Crippen molar-refractivity contribution >= 4 is 0 Å². The topological polar surface area (TPSA) is 116 Å². The van der Waals surface area contributed by atoms with E-state index in [4.69, 9.17) is 38.6 Å². The Labute approximate surface area is 176 Å². The zero-order chi connectivity index (χ0) is 20.9. The van der Waals surface area contributed by atoms with Crippen molar-refractivity contribution in [3.8, 4) is 0 Å². The minimum Gasteiger partial charge on any atom is -0.394 e. The second kappa shape index (κ2) is 8.20. The lowest BCUT2D eigenvalue weighted by atomic mass is 10.0. The molecule has 2 saturated carbocycles. The summed E-state index contributed by atoms with van der Waals surface area (Å²) in [6.07, 6.45) is 5.62. The van der Waals surface area contributed by atoms with Gasteiger partial charge in [-0.15, -0.1) is 0 Å². The number of fused-ring (bicyclic) bond motifs is 2. The highest BCUT2D eigenvalue weighted by atomic mass is 16.8. The standard InChI is InChI=1S/C11H18O4.C10H16O5/c1-7-8(6-12)13-10-9(7)14-11(15-10)4-2-3-5-11;11-5-6-7(12)8-9(13-6)15-10(14-8)3-1-2-4-10/h7-10,12H,2-6H2,1H3;6-9,11-12H,1-5H2/t7-,8+,9+,10+;6-,7+,8-,9-/m01/s1. The molecule has 2 spiro atoms. The van der Waals surface area contributed by atoms with Crippen LogP contribution in [0.3, 0.4) is 0 Å². The number of ether oxygens (including phenoxy) is 6. The van der Waals surface area contributed by atoms with Crippen LogP contribution >= 0.6 is 0 Å². The van der Waals surface area contributed by atoms with Crippen molar-refractivity contribution in [1.29, 1.82) is 0 Å². The Morgan fingerprint density at radius 3 is 1.63 bits per heavy atom. The summed E-state index contributed by atoms with van der Waals surface area (Å²) in [6.45, 7) is 1.91. The molecule has 4 saturated heterocycles. The van der Waals surface area contributed by atoms with Crippen molar-refractivity contribution < 1.29 is 43.7 Å². The van der Waals surface area contributed by atoms with Gasteiger partial charge in [-0.2, -0.15) is 0 Å². The van der Waals surface area contributed by atoms with Crippen LogP contribution in [-0.4, -0.2) is 83.2 Å². The first-order valence-corrected chi connectivity index (χ1v) is 11.4. The summed E-state index contributed by atoms with van der Waals surface area (Å²) >= 11 is 0. The fourth-order valence-electron chi connectivity index (χ4n) is 5.65. The van der Waals surface area contributed by atoms with Gasteiger partial charge in [0.15, 0.2) is 24.2 Å². The Kier molecular flexibility index (Phi) is 5.88. The Morgan fingerprint density at radius 2 is 1.17 bits per heavy atom. The highest BCUT2D eigenvalue weighted by Crippen LogP contribution is 2.48. The van der Waals surface area contributed by atoms with Gasteiger partial charge in [0.2, 0.25) is 0 Å². The molecular weight excluding hydrogens is 396 g/mol. The molecule has 0 bridgehead atoms. The molecular formula is C21H34O9. The van der Waals surface area contributed by atoms with Crippen molar-refractivity contribution in [3.63, 3.8) is 0 Å². The van der Waals surface area contributed by atoms with Crippen LogP contribution in [0.25, 0.3) is 0 Å². The predicted octanol–water partition coefficient (Wildman–Crippen LogP) is 0.776. The average Bonchev–Trinajstić information content (AvgIpc) is 3.56. The minimum absolute atomic E-state index is 0.0141. The van der Waals surface area contributed by atoms with Crippen molar-refractivity contribution in [2.24, 2.45) is 5.92 Å². The van der Waals surface area contributed by atoms with Crippen LogP contribution in [0.2, 0.25) is 0 Å². The highest BCUT2D eigenvalue weighted by molar-refractivity contribution is 4.96. The van der Waals surface area contributed by atoms with Crippen LogP contribution in [0.15, 0.2) is 0 Å². The number of aliphatic hydroxyl groups is 3. The Bertz CT molecular complexity index is 551. The van der Waals surface area contributed by atoms with Gasteiger partial charge in [-0.25, -0.2) is 0 Å². The molecule has 6 rings (SSSR count). The molecule has 4 heterocycles. The third-order valence-corrected chi connectivity index (χ3v) is 7.43. The van der Waals surface area contributed by atoms with E-state index in [9.17, 15) is 5.11 Å². The maximum absolute atomic E-state index is 9.81. The summed E-state index contributed by atoms with van der Waals surface area (Å²) in [7, 11) is 0. The van der Waals surface area contributed by atoms with Gasteiger partial charge in [-0.3, -0.25) is 0 Å². The van der Waals surface area contributed by atoms with Gasteiger partial charge in [0.05, 0.1) is 19.3 Å². The van der Waals surface area contributed by atoms with Gasteiger partial charge in [0.1, 0.15) is 24.4 Å². The van der Waals surface area contributed by atoms with Gasteiger partial charge >= 0.3 is 0 Å². The van der Waals surface area contributed by atoms with Crippen molar-refractivity contribution in [2.75, 3.05) is 13.2 Å². The van der Waals surface area contributed by atoms with E-state index < -0.39 is 30.4 Å². The second-order valence-corrected chi connectivity index (χ2v) is 9.44. The van der Waals surface area contributed by atoms with E-state index in [1.54, 1.807) is 0 Å². The molecule has 0 radical (unpaired) electrons. The van der Waals surface area contributed by atoms with E-state index in [2.05, 4.69) is 6.92 Å². The van der Waals surface area contributed by atoms with E-state index >= 15 is 0 Å². The Morgan fingerprint density at radius 1 is 0.700 bits per heavy atom. The van der Waals surface area contributed by atoms with Crippen LogP contribution in [0, 0.1) is 5.92 Å². The summed E-state index contributed by atoms with van der Waals surface area (Å²) in [6, 6.07) is 0. The van der Waals surface area contributed by atoms with Crippen molar-refractivity contribution in [2.45, 2.75) is 113 Å². The molecule has 0 unspecified atom stereocenters. The molecule has 9 heteroatoms. The van der Waals surface area contributed by atoms with Crippen LogP contribution in [0.4, 0.5) is 0 Å². The molecule has 6 aliphatic rings. The van der Waals surface area contributed by atoms with Gasteiger partial charge in [-0.1, -0.05) is 6.92 Å². The molecule has 8 atom stereocenters. The normalized spacial score (nSPS) is 47.6. The lowest BCUT2D eigenvalue weighted by Crippen LogP contribution is -2.37. The monoisotopic (exact) mass is 430 g/mol. The fourth-order valence-corrected chi connectivity index (χ4v) is 5.65. The van der Waals surface area contributed by atoms with E-state index in [0.717, 1.165) is 38.5 Å². The van der Waals surface area contributed by atoms with Crippen molar-refractivity contribution in [1.82, 2.24) is 0 Å². The minimum atomic E-state index is -0.778. The third kappa shape index (κ3) is 3.62. The Hall–Kier alpha value is -0.360. The molecule has 6 fully saturated rings. The van der Waals surface area contributed by atoms with Crippen molar-refractivity contribution in [3.05, 3.63) is 0 Å². The highest BCUT2D eigenvalue weighted by Gasteiger charge is 2.58. The lowest BCUT2D eigenvalue weighted by Gasteiger charge is -2.25. The number of rotatable bonds is 2. The Balaban J connectivity index is 0.000000128. The maximum atomic E-state index is 9.81. The van der Waals surface area contributed by atoms with Gasteiger partial charge in [-0.05, 0) is 25.7 Å². The summed E-state index contributed by atoms with van der Waals surface area (Å²) < 4.78 is 34.4. The fraction of sp³-hybridized carbons (Fsp3) is 1.00. The first-order chi connectivity index (χ1) is 14.5.